The topological polar surface area (TPSA) is 76.7 Å². The number of rotatable bonds is 6. The van der Waals surface area contributed by atoms with Crippen LogP contribution in [0.15, 0.2) is 47.4 Å². The molecule has 1 aliphatic heterocycles. The molecule has 0 bridgehead atoms. The van der Waals surface area contributed by atoms with Crippen molar-refractivity contribution in [1.29, 1.82) is 0 Å². The van der Waals surface area contributed by atoms with Gasteiger partial charge in [0.1, 0.15) is 11.5 Å². The number of thioether (sulfide) groups is 1. The van der Waals surface area contributed by atoms with Crippen LogP contribution in [0.2, 0.25) is 0 Å². The maximum atomic E-state index is 12.3. The van der Waals surface area contributed by atoms with E-state index in [1.54, 1.807) is 31.4 Å². The Morgan fingerprint density at radius 2 is 1.92 bits per heavy atom. The molecule has 2 N–H and O–H groups in total. The van der Waals surface area contributed by atoms with Crippen LogP contribution in [-0.4, -0.2) is 30.8 Å². The lowest BCUT2D eigenvalue weighted by Crippen LogP contribution is -2.32. The second-order valence-electron chi connectivity index (χ2n) is 5.67. The summed E-state index contributed by atoms with van der Waals surface area (Å²) in [5, 5.41) is 5.17. The lowest BCUT2D eigenvalue weighted by molar-refractivity contribution is -0.120. The third-order valence-electron chi connectivity index (χ3n) is 3.83. The number of methoxy groups -OCH3 is 1. The van der Waals surface area contributed by atoms with Gasteiger partial charge >= 0.3 is 0 Å². The summed E-state index contributed by atoms with van der Waals surface area (Å²) in [6.45, 7) is 2.49. The molecular weight excluding hydrogens is 352 g/mol. The first-order chi connectivity index (χ1) is 12.6. The zero-order chi connectivity index (χ0) is 18.5. The Morgan fingerprint density at radius 1 is 1.19 bits per heavy atom. The highest BCUT2D eigenvalue weighted by atomic mass is 32.2. The minimum atomic E-state index is -0.488. The maximum absolute atomic E-state index is 12.3. The normalized spacial score (nSPS) is 15.6. The molecule has 0 radical (unpaired) electrons. The van der Waals surface area contributed by atoms with Crippen molar-refractivity contribution in [1.82, 2.24) is 0 Å². The van der Waals surface area contributed by atoms with E-state index < -0.39 is 5.25 Å². The lowest BCUT2D eigenvalue weighted by atomic mass is 10.2. The fourth-order valence-corrected chi connectivity index (χ4v) is 3.71. The highest BCUT2D eigenvalue weighted by Crippen LogP contribution is 2.39. The van der Waals surface area contributed by atoms with E-state index in [2.05, 4.69) is 10.6 Å². The van der Waals surface area contributed by atoms with Crippen LogP contribution in [0, 0.1) is 0 Å². The van der Waals surface area contributed by atoms with Gasteiger partial charge in [-0.2, -0.15) is 0 Å². The van der Waals surface area contributed by atoms with Crippen LogP contribution in [0.25, 0.3) is 0 Å². The molecule has 7 heteroatoms. The van der Waals surface area contributed by atoms with Crippen LogP contribution in [0.1, 0.15) is 13.3 Å². The summed E-state index contributed by atoms with van der Waals surface area (Å²) < 4.78 is 10.6. The number of anilines is 2. The van der Waals surface area contributed by atoms with Gasteiger partial charge in [-0.05, 0) is 49.4 Å². The quantitative estimate of drug-likeness (QED) is 0.811. The highest BCUT2D eigenvalue weighted by Gasteiger charge is 2.29. The summed E-state index contributed by atoms with van der Waals surface area (Å²) in [7, 11) is 1.58. The van der Waals surface area contributed by atoms with Crippen LogP contribution in [-0.2, 0) is 9.59 Å². The molecule has 2 amide bonds. The highest BCUT2D eigenvalue weighted by molar-refractivity contribution is 8.01. The van der Waals surface area contributed by atoms with Crippen molar-refractivity contribution in [2.24, 2.45) is 0 Å². The van der Waals surface area contributed by atoms with Gasteiger partial charge in [0, 0.05) is 17.0 Å². The number of nitrogens with one attached hydrogen (secondary N) is 2. The molecule has 0 spiro atoms. The largest absolute Gasteiger partial charge is 0.497 e. The molecule has 1 atom stereocenters. The van der Waals surface area contributed by atoms with Crippen LogP contribution < -0.4 is 20.1 Å². The van der Waals surface area contributed by atoms with Crippen molar-refractivity contribution in [3.8, 4) is 11.5 Å². The van der Waals surface area contributed by atoms with E-state index in [0.29, 0.717) is 18.0 Å². The molecule has 0 aliphatic carbocycles. The average molecular weight is 372 g/mol. The third-order valence-corrected chi connectivity index (χ3v) is 5.09. The van der Waals surface area contributed by atoms with Gasteiger partial charge in [0.25, 0.3) is 0 Å². The van der Waals surface area contributed by atoms with E-state index in [9.17, 15) is 9.59 Å². The Hall–Kier alpha value is -2.67. The number of carbonyl (C=O) groups is 2. The second-order valence-corrected chi connectivity index (χ2v) is 6.91. The molecule has 2 aromatic rings. The van der Waals surface area contributed by atoms with Crippen LogP contribution in [0.5, 0.6) is 11.5 Å². The van der Waals surface area contributed by atoms with Gasteiger partial charge in [-0.15, -0.1) is 11.8 Å². The van der Waals surface area contributed by atoms with Crippen LogP contribution >= 0.6 is 11.8 Å². The van der Waals surface area contributed by atoms with Gasteiger partial charge in [0.2, 0.25) is 11.8 Å². The van der Waals surface area contributed by atoms with Crippen molar-refractivity contribution in [3.63, 3.8) is 0 Å². The summed E-state index contributed by atoms with van der Waals surface area (Å²) in [5.74, 6) is 1.08. The van der Waals surface area contributed by atoms with E-state index in [4.69, 9.17) is 9.47 Å². The van der Waals surface area contributed by atoms with E-state index >= 15 is 0 Å². The predicted octanol–water partition coefficient (Wildman–Crippen LogP) is 3.54. The summed E-state index contributed by atoms with van der Waals surface area (Å²) in [5.41, 5.74) is 1.41. The molecule has 0 saturated carbocycles. The fourth-order valence-electron chi connectivity index (χ4n) is 2.57. The first-order valence-electron chi connectivity index (χ1n) is 8.27. The Balaban J connectivity index is 1.64. The smallest absolute Gasteiger partial charge is 0.238 e. The summed E-state index contributed by atoms with van der Waals surface area (Å²) >= 11 is 1.38. The molecule has 0 saturated heterocycles. The van der Waals surface area contributed by atoms with E-state index in [0.717, 1.165) is 16.3 Å². The minimum absolute atomic E-state index is 0.0842. The summed E-state index contributed by atoms with van der Waals surface area (Å²) in [4.78, 5) is 25.5. The molecule has 0 fully saturated rings. The number of benzene rings is 2. The van der Waals surface area contributed by atoms with Crippen molar-refractivity contribution in [2.45, 2.75) is 23.5 Å². The van der Waals surface area contributed by atoms with Crippen molar-refractivity contribution < 1.29 is 19.1 Å². The molecule has 3 rings (SSSR count). The van der Waals surface area contributed by atoms with Gasteiger partial charge in [-0.25, -0.2) is 0 Å². The molecule has 2 aromatic carbocycles. The standard InChI is InChI=1S/C19H20N2O4S/c1-3-25-14-8-9-15-16(10-14)26-17(19(23)21-15)11-18(22)20-12-4-6-13(24-2)7-5-12/h4-10,17H,3,11H2,1-2H3,(H,20,22)(H,21,23)/t17-/m1/s1. The zero-order valence-electron chi connectivity index (χ0n) is 14.6. The Kier molecular flexibility index (Phi) is 5.68. The first kappa shape index (κ1) is 18.1. The van der Waals surface area contributed by atoms with Gasteiger partial charge in [0.05, 0.1) is 24.7 Å². The molecule has 1 heterocycles. The van der Waals surface area contributed by atoms with Crippen molar-refractivity contribution >= 4 is 35.0 Å². The van der Waals surface area contributed by atoms with Gasteiger partial charge in [0.15, 0.2) is 0 Å². The molecule has 0 aromatic heterocycles. The fraction of sp³-hybridized carbons (Fsp3) is 0.263. The number of hydrogen-bond acceptors (Lipinski definition) is 5. The zero-order valence-corrected chi connectivity index (χ0v) is 15.4. The molecule has 0 unspecified atom stereocenters. The molecule has 26 heavy (non-hydrogen) atoms. The molecular formula is C19H20N2O4S. The Labute approximate surface area is 156 Å². The van der Waals surface area contributed by atoms with Gasteiger partial charge < -0.3 is 20.1 Å². The predicted molar refractivity (Wildman–Crippen MR) is 102 cm³/mol. The van der Waals surface area contributed by atoms with E-state index in [-0.39, 0.29) is 18.2 Å². The van der Waals surface area contributed by atoms with Crippen molar-refractivity contribution in [2.75, 3.05) is 24.4 Å². The lowest BCUT2D eigenvalue weighted by Gasteiger charge is -2.24. The number of amides is 2. The first-order valence-corrected chi connectivity index (χ1v) is 9.15. The van der Waals surface area contributed by atoms with Crippen LogP contribution in [0.3, 0.4) is 0 Å². The van der Waals surface area contributed by atoms with Crippen molar-refractivity contribution in [3.05, 3.63) is 42.5 Å². The monoisotopic (exact) mass is 372 g/mol. The number of fused-ring (bicyclic) bond motifs is 1. The SMILES string of the molecule is CCOc1ccc2c(c1)S[C@H](CC(=O)Nc1ccc(OC)cc1)C(=O)N2. The Morgan fingerprint density at radius 3 is 2.62 bits per heavy atom. The molecule has 1 aliphatic rings. The minimum Gasteiger partial charge on any atom is -0.497 e. The van der Waals surface area contributed by atoms with E-state index in [1.807, 2.05) is 25.1 Å². The summed E-state index contributed by atoms with van der Waals surface area (Å²) in [6.07, 6.45) is 0.0842. The number of hydrogen-bond donors (Lipinski definition) is 2. The Bertz CT molecular complexity index is 808. The third kappa shape index (κ3) is 4.29. The van der Waals surface area contributed by atoms with Gasteiger partial charge in [-0.3, -0.25) is 9.59 Å². The number of ether oxygens (including phenoxy) is 2. The van der Waals surface area contributed by atoms with E-state index in [1.165, 1.54) is 11.8 Å². The van der Waals surface area contributed by atoms with Crippen LogP contribution in [0.4, 0.5) is 11.4 Å². The van der Waals surface area contributed by atoms with Gasteiger partial charge in [-0.1, -0.05) is 0 Å². The number of carbonyl (C=O) groups excluding carboxylic acids is 2. The summed E-state index contributed by atoms with van der Waals surface area (Å²) in [6, 6.07) is 12.6. The molecule has 6 nitrogen and oxygen atoms in total. The average Bonchev–Trinajstić information content (AvgIpc) is 2.63. The molecule has 136 valence electrons. The maximum Gasteiger partial charge on any atom is 0.238 e. The second kappa shape index (κ2) is 8.14.